The molecule has 0 amide bonds. The zero-order valence-electron chi connectivity index (χ0n) is 13.2. The Morgan fingerprint density at radius 2 is 1.75 bits per heavy atom. The third-order valence-corrected chi connectivity index (χ3v) is 4.42. The number of hydrogen-bond acceptors (Lipinski definition) is 3. The Morgan fingerprint density at radius 3 is 2.38 bits per heavy atom. The number of phenols is 1. The molecule has 0 aliphatic heterocycles. The molecule has 0 radical (unpaired) electrons. The van der Waals surface area contributed by atoms with E-state index in [4.69, 9.17) is 11.6 Å². The van der Waals surface area contributed by atoms with Crippen LogP contribution in [0.1, 0.15) is 29.7 Å². The zero-order valence-corrected chi connectivity index (χ0v) is 14.0. The van der Waals surface area contributed by atoms with Crippen LogP contribution in [0, 0.1) is 0 Å². The molecule has 3 nitrogen and oxygen atoms in total. The average molecular weight is 340 g/mol. The molecule has 24 heavy (non-hydrogen) atoms. The number of aliphatic hydroxyl groups is 1. The van der Waals surface area contributed by atoms with Crippen molar-refractivity contribution in [3.05, 3.63) is 94.8 Å². The Kier molecular flexibility index (Phi) is 4.56. The molecule has 0 saturated heterocycles. The van der Waals surface area contributed by atoms with Gasteiger partial charge in [-0.05, 0) is 54.4 Å². The fraction of sp³-hybridized carbons (Fsp3) is 0.150. The van der Waals surface area contributed by atoms with Gasteiger partial charge in [-0.2, -0.15) is 0 Å². The third kappa shape index (κ3) is 3.28. The quantitative estimate of drug-likeness (QED) is 0.736. The number of halogens is 1. The minimum Gasteiger partial charge on any atom is -0.508 e. The summed E-state index contributed by atoms with van der Waals surface area (Å²) >= 11 is 6.11. The minimum absolute atomic E-state index is 0.181. The van der Waals surface area contributed by atoms with E-state index in [1.54, 1.807) is 49.5 Å². The van der Waals surface area contributed by atoms with Gasteiger partial charge in [0.2, 0.25) is 0 Å². The van der Waals surface area contributed by atoms with Gasteiger partial charge in [0.1, 0.15) is 5.75 Å². The summed E-state index contributed by atoms with van der Waals surface area (Å²) in [5.41, 5.74) is 1.08. The fourth-order valence-corrected chi connectivity index (χ4v) is 3.16. The smallest absolute Gasteiger partial charge is 0.115 e. The van der Waals surface area contributed by atoms with Crippen LogP contribution in [0.5, 0.6) is 5.75 Å². The van der Waals surface area contributed by atoms with Crippen LogP contribution in [0.15, 0.2) is 72.9 Å². The highest BCUT2D eigenvalue weighted by atomic mass is 35.5. The first kappa shape index (κ1) is 16.5. The average Bonchev–Trinajstić information content (AvgIpc) is 2.58. The maximum atomic E-state index is 11.4. The van der Waals surface area contributed by atoms with E-state index in [9.17, 15) is 10.2 Å². The molecule has 3 aromatic rings. The van der Waals surface area contributed by atoms with Crippen molar-refractivity contribution >= 4 is 11.6 Å². The van der Waals surface area contributed by atoms with Crippen LogP contribution in [0.3, 0.4) is 0 Å². The van der Waals surface area contributed by atoms with Crippen molar-refractivity contribution in [1.82, 2.24) is 4.98 Å². The molecule has 0 spiro atoms. The highest BCUT2D eigenvalue weighted by Gasteiger charge is 2.37. The molecular weight excluding hydrogens is 322 g/mol. The zero-order chi connectivity index (χ0) is 17.2. The van der Waals surface area contributed by atoms with Gasteiger partial charge in [-0.25, -0.2) is 0 Å². The van der Waals surface area contributed by atoms with Crippen molar-refractivity contribution < 1.29 is 10.2 Å². The Hall–Kier alpha value is -2.36. The van der Waals surface area contributed by atoms with Gasteiger partial charge in [0.05, 0.1) is 17.2 Å². The van der Waals surface area contributed by atoms with Crippen LogP contribution >= 0.6 is 11.6 Å². The third-order valence-electron chi connectivity index (χ3n) is 4.18. The Balaban J connectivity index is 2.15. The van der Waals surface area contributed by atoms with E-state index in [2.05, 4.69) is 4.98 Å². The molecule has 3 rings (SSSR count). The van der Waals surface area contributed by atoms with Gasteiger partial charge in [0.15, 0.2) is 0 Å². The second kappa shape index (κ2) is 6.63. The van der Waals surface area contributed by atoms with Gasteiger partial charge in [-0.3, -0.25) is 4.98 Å². The number of hydrogen-bond donors (Lipinski definition) is 2. The van der Waals surface area contributed by atoms with E-state index < -0.39 is 11.5 Å². The molecule has 0 bridgehead atoms. The molecule has 2 N–H and O–H groups in total. The van der Waals surface area contributed by atoms with Crippen molar-refractivity contribution in [3.8, 4) is 5.75 Å². The second-order valence-corrected chi connectivity index (χ2v) is 6.37. The van der Waals surface area contributed by atoms with Crippen LogP contribution in [0.2, 0.25) is 5.02 Å². The summed E-state index contributed by atoms with van der Waals surface area (Å²) in [5, 5.41) is 21.5. The minimum atomic E-state index is -1.23. The number of phenolic OH excluding ortho intramolecular Hbond substituents is 1. The Bertz CT molecular complexity index is 817. The first-order chi connectivity index (χ1) is 11.5. The maximum Gasteiger partial charge on any atom is 0.115 e. The lowest BCUT2D eigenvalue weighted by atomic mass is 9.76. The second-order valence-electron chi connectivity index (χ2n) is 5.94. The Morgan fingerprint density at radius 1 is 1.00 bits per heavy atom. The van der Waals surface area contributed by atoms with Crippen LogP contribution in [-0.2, 0) is 5.60 Å². The lowest BCUT2D eigenvalue weighted by Crippen LogP contribution is -2.31. The van der Waals surface area contributed by atoms with E-state index >= 15 is 0 Å². The number of rotatable bonds is 4. The van der Waals surface area contributed by atoms with E-state index in [0.29, 0.717) is 10.6 Å². The van der Waals surface area contributed by atoms with Crippen LogP contribution in [-0.4, -0.2) is 15.2 Å². The van der Waals surface area contributed by atoms with Gasteiger partial charge >= 0.3 is 0 Å². The van der Waals surface area contributed by atoms with Gasteiger partial charge in [-0.15, -0.1) is 0 Å². The summed E-state index contributed by atoms with van der Waals surface area (Å²) in [6, 6.07) is 19.6. The number of benzene rings is 2. The van der Waals surface area contributed by atoms with Gasteiger partial charge in [0, 0.05) is 11.2 Å². The summed E-state index contributed by atoms with van der Waals surface area (Å²) in [5.74, 6) is -0.223. The normalized spacial score (nSPS) is 14.8. The largest absolute Gasteiger partial charge is 0.508 e. The van der Waals surface area contributed by atoms with Gasteiger partial charge < -0.3 is 10.2 Å². The topological polar surface area (TPSA) is 53.4 Å². The molecule has 0 unspecified atom stereocenters. The summed E-state index contributed by atoms with van der Waals surface area (Å²) in [6.45, 7) is 1.75. The summed E-state index contributed by atoms with van der Waals surface area (Å²) < 4.78 is 0. The standard InChI is InChI=1S/C20H18ClNO2/c1-20(24,15-5-4-6-16(21)13-15)19(18-7-2-3-12-22-18)14-8-10-17(23)11-9-14/h2-13,19,23-24H,1H3/t19-,20-/m0/s1. The maximum absolute atomic E-state index is 11.4. The number of aromatic hydroxyl groups is 1. The SMILES string of the molecule is C[C@](O)(c1cccc(Cl)c1)[C@@H](c1ccc(O)cc1)c1ccccn1. The molecule has 0 saturated carbocycles. The lowest BCUT2D eigenvalue weighted by molar-refractivity contribution is 0.0380. The summed E-state index contributed by atoms with van der Waals surface area (Å²) in [6.07, 6.45) is 1.71. The molecule has 122 valence electrons. The van der Waals surface area contributed by atoms with Crippen LogP contribution < -0.4 is 0 Å². The molecule has 0 fully saturated rings. The van der Waals surface area contributed by atoms with Crippen LogP contribution in [0.4, 0.5) is 0 Å². The Labute approximate surface area is 146 Å². The van der Waals surface area contributed by atoms with Gasteiger partial charge in [0.25, 0.3) is 0 Å². The molecule has 2 atom stereocenters. The van der Waals surface area contributed by atoms with Crippen molar-refractivity contribution in [2.24, 2.45) is 0 Å². The lowest BCUT2D eigenvalue weighted by Gasteiger charge is -2.33. The van der Waals surface area contributed by atoms with Crippen molar-refractivity contribution in [2.45, 2.75) is 18.4 Å². The fourth-order valence-electron chi connectivity index (χ4n) is 2.97. The molecule has 1 aromatic heterocycles. The highest BCUT2D eigenvalue weighted by Crippen LogP contribution is 2.41. The van der Waals surface area contributed by atoms with Crippen LogP contribution in [0.25, 0.3) is 0 Å². The summed E-state index contributed by atoms with van der Waals surface area (Å²) in [4.78, 5) is 4.44. The molecular formula is C20H18ClNO2. The number of pyridine rings is 1. The molecule has 0 aliphatic rings. The molecule has 2 aromatic carbocycles. The predicted octanol–water partition coefficient (Wildman–Crippen LogP) is 4.48. The first-order valence-corrected chi connectivity index (χ1v) is 8.04. The molecule has 4 heteroatoms. The molecule has 1 heterocycles. The van der Waals surface area contributed by atoms with Gasteiger partial charge in [-0.1, -0.05) is 41.9 Å². The van der Waals surface area contributed by atoms with E-state index in [0.717, 1.165) is 11.3 Å². The van der Waals surface area contributed by atoms with E-state index in [1.807, 2.05) is 30.3 Å². The predicted molar refractivity (Wildman–Crippen MR) is 95.2 cm³/mol. The monoisotopic (exact) mass is 339 g/mol. The summed E-state index contributed by atoms with van der Waals surface area (Å²) in [7, 11) is 0. The first-order valence-electron chi connectivity index (χ1n) is 7.67. The number of aromatic nitrogens is 1. The highest BCUT2D eigenvalue weighted by molar-refractivity contribution is 6.30. The number of nitrogens with zero attached hydrogens (tertiary/aromatic N) is 1. The van der Waals surface area contributed by atoms with Crippen molar-refractivity contribution in [2.75, 3.05) is 0 Å². The molecule has 0 aliphatic carbocycles. The van der Waals surface area contributed by atoms with Crippen molar-refractivity contribution in [1.29, 1.82) is 0 Å². The van der Waals surface area contributed by atoms with Crippen molar-refractivity contribution in [3.63, 3.8) is 0 Å². The van der Waals surface area contributed by atoms with E-state index in [1.165, 1.54) is 0 Å². The van der Waals surface area contributed by atoms with E-state index in [-0.39, 0.29) is 5.75 Å².